The van der Waals surface area contributed by atoms with E-state index in [1.165, 1.54) is 0 Å². The van der Waals surface area contributed by atoms with E-state index in [1.54, 1.807) is 12.4 Å². The molecule has 1 aromatic heterocycles. The van der Waals surface area contributed by atoms with Gasteiger partial charge in [-0.05, 0) is 62.4 Å². The Labute approximate surface area is 166 Å². The van der Waals surface area contributed by atoms with Crippen LogP contribution in [0.25, 0.3) is 0 Å². The number of nitrogens with zero attached hydrogens (tertiary/aromatic N) is 3. The molecule has 28 heavy (non-hydrogen) atoms. The maximum Gasteiger partial charge on any atom is 0.253 e. The van der Waals surface area contributed by atoms with Crippen molar-refractivity contribution in [3.8, 4) is 0 Å². The molecule has 2 fully saturated rings. The third-order valence-electron chi connectivity index (χ3n) is 5.98. The summed E-state index contributed by atoms with van der Waals surface area (Å²) in [5.41, 5.74) is 3.00. The molecule has 0 aliphatic carbocycles. The van der Waals surface area contributed by atoms with Crippen LogP contribution in [0.2, 0.25) is 0 Å². The van der Waals surface area contributed by atoms with Gasteiger partial charge in [0, 0.05) is 37.6 Å². The van der Waals surface area contributed by atoms with E-state index in [0.717, 1.165) is 49.9 Å². The van der Waals surface area contributed by atoms with Crippen molar-refractivity contribution in [3.63, 3.8) is 0 Å². The van der Waals surface area contributed by atoms with E-state index < -0.39 is 0 Å². The average Bonchev–Trinajstić information content (AvgIpc) is 3.24. The Morgan fingerprint density at radius 3 is 2.43 bits per heavy atom. The van der Waals surface area contributed by atoms with Gasteiger partial charge >= 0.3 is 0 Å². The molecular weight excluding hydrogens is 350 g/mol. The number of aromatic nitrogens is 1. The zero-order valence-corrected chi connectivity index (χ0v) is 16.4. The predicted molar refractivity (Wildman–Crippen MR) is 108 cm³/mol. The summed E-state index contributed by atoms with van der Waals surface area (Å²) in [6.45, 7) is 4.06. The van der Waals surface area contributed by atoms with Gasteiger partial charge in [0.1, 0.15) is 0 Å². The lowest BCUT2D eigenvalue weighted by Crippen LogP contribution is -2.46. The number of likely N-dealkylation sites (tertiary alicyclic amines) is 2. The van der Waals surface area contributed by atoms with E-state index in [4.69, 9.17) is 0 Å². The van der Waals surface area contributed by atoms with E-state index in [2.05, 4.69) is 4.98 Å². The van der Waals surface area contributed by atoms with Crippen LogP contribution in [0.3, 0.4) is 0 Å². The fraction of sp³-hybridized carbons (Fsp3) is 0.435. The Balaban J connectivity index is 1.46. The first-order valence-corrected chi connectivity index (χ1v) is 10.2. The van der Waals surface area contributed by atoms with Crippen LogP contribution >= 0.6 is 0 Å². The summed E-state index contributed by atoms with van der Waals surface area (Å²) in [6, 6.07) is 11.8. The maximum atomic E-state index is 13.3. The van der Waals surface area contributed by atoms with E-state index in [-0.39, 0.29) is 23.8 Å². The molecule has 3 heterocycles. The maximum absolute atomic E-state index is 13.3. The number of carbonyl (C=O) groups is 2. The van der Waals surface area contributed by atoms with Crippen molar-refractivity contribution in [2.24, 2.45) is 5.92 Å². The van der Waals surface area contributed by atoms with Crippen LogP contribution < -0.4 is 0 Å². The van der Waals surface area contributed by atoms with Crippen molar-refractivity contribution < 1.29 is 9.59 Å². The molecule has 4 rings (SSSR count). The Bertz CT molecular complexity index is 835. The molecule has 146 valence electrons. The second kappa shape index (κ2) is 8.13. The molecule has 2 aliphatic rings. The van der Waals surface area contributed by atoms with Crippen molar-refractivity contribution in [2.45, 2.75) is 38.6 Å². The van der Waals surface area contributed by atoms with Crippen LogP contribution in [-0.2, 0) is 4.79 Å². The quantitative estimate of drug-likeness (QED) is 0.821. The predicted octanol–water partition coefficient (Wildman–Crippen LogP) is 3.61. The van der Waals surface area contributed by atoms with Gasteiger partial charge in [-0.3, -0.25) is 14.6 Å². The highest BCUT2D eigenvalue weighted by Gasteiger charge is 2.36. The number of hydrogen-bond acceptors (Lipinski definition) is 3. The summed E-state index contributed by atoms with van der Waals surface area (Å²) in [5, 5.41) is 0. The van der Waals surface area contributed by atoms with Crippen LogP contribution in [0.15, 0.2) is 48.8 Å². The molecule has 2 unspecified atom stereocenters. The molecule has 5 heteroatoms. The lowest BCUT2D eigenvalue weighted by molar-refractivity contribution is -0.138. The number of amides is 2. The van der Waals surface area contributed by atoms with E-state index >= 15 is 0 Å². The van der Waals surface area contributed by atoms with Gasteiger partial charge in [-0.1, -0.05) is 17.7 Å². The number of carbonyl (C=O) groups excluding carboxylic acids is 2. The van der Waals surface area contributed by atoms with E-state index in [1.807, 2.05) is 53.1 Å². The van der Waals surface area contributed by atoms with Crippen LogP contribution in [-0.4, -0.2) is 46.2 Å². The molecule has 5 nitrogen and oxygen atoms in total. The summed E-state index contributed by atoms with van der Waals surface area (Å²) in [5.74, 6) is 0.121. The highest BCUT2D eigenvalue weighted by molar-refractivity contribution is 5.94. The van der Waals surface area contributed by atoms with Gasteiger partial charge in [0.05, 0.1) is 12.0 Å². The first-order valence-electron chi connectivity index (χ1n) is 10.2. The number of aryl methyl sites for hydroxylation is 1. The van der Waals surface area contributed by atoms with Crippen molar-refractivity contribution in [1.29, 1.82) is 0 Å². The lowest BCUT2D eigenvalue weighted by Gasteiger charge is -2.35. The third kappa shape index (κ3) is 3.79. The standard InChI is InChI=1S/C23H27N3O2/c1-17-6-8-19(9-7-17)22(27)25-14-2-4-20(16-25)23(28)26-15-3-5-21(26)18-10-12-24-13-11-18/h6-13,20-21H,2-5,14-16H2,1H3. The first kappa shape index (κ1) is 18.7. The molecule has 0 radical (unpaired) electrons. The van der Waals surface area contributed by atoms with E-state index in [0.29, 0.717) is 12.1 Å². The van der Waals surface area contributed by atoms with Gasteiger partial charge in [-0.2, -0.15) is 0 Å². The van der Waals surface area contributed by atoms with Crippen molar-refractivity contribution in [2.75, 3.05) is 19.6 Å². The van der Waals surface area contributed by atoms with E-state index in [9.17, 15) is 9.59 Å². The molecule has 0 saturated carbocycles. The number of pyridine rings is 1. The smallest absolute Gasteiger partial charge is 0.253 e. The number of hydrogen-bond donors (Lipinski definition) is 0. The van der Waals surface area contributed by atoms with Crippen molar-refractivity contribution in [3.05, 3.63) is 65.5 Å². The van der Waals surface area contributed by atoms with Crippen LogP contribution in [0, 0.1) is 12.8 Å². The highest BCUT2D eigenvalue weighted by Crippen LogP contribution is 2.34. The molecular formula is C23H27N3O2. The molecule has 2 aliphatic heterocycles. The summed E-state index contributed by atoms with van der Waals surface area (Å²) < 4.78 is 0. The molecule has 0 spiro atoms. The lowest BCUT2D eigenvalue weighted by atomic mass is 9.95. The fourth-order valence-corrected chi connectivity index (χ4v) is 4.44. The second-order valence-electron chi connectivity index (χ2n) is 7.93. The van der Waals surface area contributed by atoms with Crippen LogP contribution in [0.1, 0.15) is 53.2 Å². The monoisotopic (exact) mass is 377 g/mol. The first-order chi connectivity index (χ1) is 13.6. The number of rotatable bonds is 3. The summed E-state index contributed by atoms with van der Waals surface area (Å²) in [4.78, 5) is 34.2. The topological polar surface area (TPSA) is 53.5 Å². The molecule has 2 saturated heterocycles. The minimum absolute atomic E-state index is 0.0320. The summed E-state index contributed by atoms with van der Waals surface area (Å²) in [7, 11) is 0. The van der Waals surface area contributed by atoms with Gasteiger partial charge in [0.15, 0.2) is 0 Å². The Morgan fingerprint density at radius 1 is 0.964 bits per heavy atom. The van der Waals surface area contributed by atoms with Gasteiger partial charge in [-0.15, -0.1) is 0 Å². The minimum atomic E-state index is -0.106. The molecule has 2 aromatic rings. The third-order valence-corrected chi connectivity index (χ3v) is 5.98. The van der Waals surface area contributed by atoms with Gasteiger partial charge in [0.25, 0.3) is 5.91 Å². The SMILES string of the molecule is Cc1ccc(C(=O)N2CCCC(C(=O)N3CCCC3c3ccncc3)C2)cc1. The van der Waals surface area contributed by atoms with Crippen molar-refractivity contribution >= 4 is 11.8 Å². The Hall–Kier alpha value is -2.69. The second-order valence-corrected chi connectivity index (χ2v) is 7.93. The van der Waals surface area contributed by atoms with Gasteiger partial charge in [0.2, 0.25) is 5.91 Å². The number of piperidine rings is 1. The van der Waals surface area contributed by atoms with Crippen molar-refractivity contribution in [1.82, 2.24) is 14.8 Å². The van der Waals surface area contributed by atoms with Gasteiger partial charge in [-0.25, -0.2) is 0 Å². The minimum Gasteiger partial charge on any atom is -0.338 e. The molecule has 2 amide bonds. The average molecular weight is 377 g/mol. The van der Waals surface area contributed by atoms with Crippen LogP contribution in [0.5, 0.6) is 0 Å². The summed E-state index contributed by atoms with van der Waals surface area (Å²) in [6.07, 6.45) is 7.33. The zero-order chi connectivity index (χ0) is 19.5. The largest absolute Gasteiger partial charge is 0.338 e. The summed E-state index contributed by atoms with van der Waals surface area (Å²) >= 11 is 0. The fourth-order valence-electron chi connectivity index (χ4n) is 4.44. The zero-order valence-electron chi connectivity index (χ0n) is 16.4. The Morgan fingerprint density at radius 2 is 1.68 bits per heavy atom. The number of benzene rings is 1. The van der Waals surface area contributed by atoms with Crippen LogP contribution in [0.4, 0.5) is 0 Å². The molecule has 2 atom stereocenters. The molecule has 0 N–H and O–H groups in total. The van der Waals surface area contributed by atoms with Gasteiger partial charge < -0.3 is 9.80 Å². The molecule has 0 bridgehead atoms. The molecule has 1 aromatic carbocycles. The normalized spacial score (nSPS) is 22.3. The Kier molecular flexibility index (Phi) is 5.42. The highest BCUT2D eigenvalue weighted by atomic mass is 16.2.